The summed E-state index contributed by atoms with van der Waals surface area (Å²) < 4.78 is 0. The molecule has 0 bridgehead atoms. The van der Waals surface area contributed by atoms with Gasteiger partial charge in [0.1, 0.15) is 0 Å². The Morgan fingerprint density at radius 2 is 2.00 bits per heavy atom. The average Bonchev–Trinajstić information content (AvgIpc) is 2.19. The highest BCUT2D eigenvalue weighted by atomic mass is 14.7. The first kappa shape index (κ1) is 13.8. The van der Waals surface area contributed by atoms with Crippen LogP contribution in [-0.2, 0) is 0 Å². The largest absolute Gasteiger partial charge is 0.263 e. The molecule has 15 heavy (non-hydrogen) atoms. The maximum atomic E-state index is 4.23. The van der Waals surface area contributed by atoms with Crippen LogP contribution in [0.5, 0.6) is 0 Å². The van der Waals surface area contributed by atoms with Crippen molar-refractivity contribution in [2.45, 2.75) is 40.5 Å². The molecule has 0 N–H and O–H groups in total. The van der Waals surface area contributed by atoms with E-state index < -0.39 is 0 Å². The summed E-state index contributed by atoms with van der Waals surface area (Å²) in [6.45, 7) is 8.35. The van der Waals surface area contributed by atoms with E-state index in [1.807, 2.05) is 19.3 Å². The highest BCUT2D eigenvalue weighted by molar-refractivity contribution is 6.29. The van der Waals surface area contributed by atoms with Gasteiger partial charge in [-0.2, -0.15) is 0 Å². The standard InChI is InChI=1S/C13H22N2/c1-5-6-7-9-15-13(4)11-14-10-8-12(2)3/h7-12H,5-6H2,1-4H3/b9-7+,10-8+,14-11+,15-13-. The number of nitrogens with zero attached hydrogens (tertiary/aromatic N) is 2. The minimum atomic E-state index is 0.545. The van der Waals surface area contributed by atoms with Crippen molar-refractivity contribution >= 4 is 11.9 Å². The summed E-state index contributed by atoms with van der Waals surface area (Å²) in [6.07, 6.45) is 11.8. The molecule has 0 saturated heterocycles. The van der Waals surface area contributed by atoms with Gasteiger partial charge in [0.25, 0.3) is 0 Å². The van der Waals surface area contributed by atoms with Crippen LogP contribution in [0.1, 0.15) is 40.5 Å². The summed E-state index contributed by atoms with van der Waals surface area (Å²) in [5.74, 6) is 0.545. The zero-order chi connectivity index (χ0) is 11.5. The third kappa shape index (κ3) is 10.7. The van der Waals surface area contributed by atoms with Gasteiger partial charge >= 0.3 is 0 Å². The van der Waals surface area contributed by atoms with E-state index in [4.69, 9.17) is 0 Å². The lowest BCUT2D eigenvalue weighted by molar-refractivity contribution is 0.829. The lowest BCUT2D eigenvalue weighted by Crippen LogP contribution is -1.89. The third-order valence-corrected chi connectivity index (χ3v) is 1.66. The predicted molar refractivity (Wildman–Crippen MR) is 69.6 cm³/mol. The van der Waals surface area contributed by atoms with Gasteiger partial charge in [-0.05, 0) is 19.3 Å². The van der Waals surface area contributed by atoms with Crippen LogP contribution in [0.2, 0.25) is 0 Å². The van der Waals surface area contributed by atoms with Gasteiger partial charge in [0.15, 0.2) is 0 Å². The molecule has 0 fully saturated rings. The summed E-state index contributed by atoms with van der Waals surface area (Å²) in [4.78, 5) is 8.37. The molecule has 2 heteroatoms. The SMILES string of the molecule is CCC/C=C/N=C(C)\C=N\C=C\C(C)C. The molecule has 0 rings (SSSR count). The molecular weight excluding hydrogens is 184 g/mol. The Morgan fingerprint density at radius 3 is 2.60 bits per heavy atom. The number of aliphatic imine (C=N–C) groups is 2. The van der Waals surface area contributed by atoms with E-state index in [1.54, 1.807) is 6.21 Å². The Labute approximate surface area is 93.5 Å². The fourth-order valence-electron chi connectivity index (χ4n) is 0.818. The van der Waals surface area contributed by atoms with Crippen LogP contribution in [0.4, 0.5) is 0 Å². The molecule has 2 nitrogen and oxygen atoms in total. The summed E-state index contributed by atoms with van der Waals surface area (Å²) in [5.41, 5.74) is 0.927. The lowest BCUT2D eigenvalue weighted by Gasteiger charge is -1.89. The molecule has 0 unspecified atom stereocenters. The normalized spacial score (nSPS) is 14.1. The quantitative estimate of drug-likeness (QED) is 0.587. The van der Waals surface area contributed by atoms with Gasteiger partial charge in [0, 0.05) is 18.6 Å². The molecule has 0 atom stereocenters. The number of unbranched alkanes of at least 4 members (excludes halogenated alkanes) is 1. The highest BCUT2D eigenvalue weighted by Gasteiger charge is 1.82. The van der Waals surface area contributed by atoms with Crippen molar-refractivity contribution in [3.05, 3.63) is 24.6 Å². The number of rotatable bonds is 6. The van der Waals surface area contributed by atoms with Gasteiger partial charge in [-0.15, -0.1) is 0 Å². The molecule has 0 aliphatic carbocycles. The molecule has 0 aliphatic heterocycles. The Hall–Kier alpha value is -1.18. The van der Waals surface area contributed by atoms with Gasteiger partial charge in [0.05, 0.1) is 5.71 Å². The van der Waals surface area contributed by atoms with Gasteiger partial charge in [-0.3, -0.25) is 9.98 Å². The van der Waals surface area contributed by atoms with Crippen molar-refractivity contribution in [3.8, 4) is 0 Å². The number of hydrogen-bond donors (Lipinski definition) is 0. The third-order valence-electron chi connectivity index (χ3n) is 1.66. The summed E-state index contributed by atoms with van der Waals surface area (Å²) >= 11 is 0. The van der Waals surface area contributed by atoms with Gasteiger partial charge in [0.2, 0.25) is 0 Å². The average molecular weight is 206 g/mol. The van der Waals surface area contributed by atoms with Crippen LogP contribution >= 0.6 is 0 Å². The van der Waals surface area contributed by atoms with Gasteiger partial charge < -0.3 is 0 Å². The van der Waals surface area contributed by atoms with Crippen LogP contribution in [-0.4, -0.2) is 11.9 Å². The second-order valence-corrected chi connectivity index (χ2v) is 3.81. The van der Waals surface area contributed by atoms with Crippen LogP contribution in [0.3, 0.4) is 0 Å². The van der Waals surface area contributed by atoms with E-state index in [-0.39, 0.29) is 0 Å². The maximum absolute atomic E-state index is 4.23. The van der Waals surface area contributed by atoms with Crippen LogP contribution in [0, 0.1) is 5.92 Å². The second-order valence-electron chi connectivity index (χ2n) is 3.81. The van der Waals surface area contributed by atoms with E-state index >= 15 is 0 Å². The van der Waals surface area contributed by atoms with Gasteiger partial charge in [-0.1, -0.05) is 39.3 Å². The fourth-order valence-corrected chi connectivity index (χ4v) is 0.818. The Morgan fingerprint density at radius 1 is 1.27 bits per heavy atom. The zero-order valence-electron chi connectivity index (χ0n) is 10.3. The molecule has 0 aromatic carbocycles. The van der Waals surface area contributed by atoms with Crippen molar-refractivity contribution in [1.82, 2.24) is 0 Å². The molecule has 0 aromatic rings. The minimum absolute atomic E-state index is 0.545. The lowest BCUT2D eigenvalue weighted by atomic mass is 10.2. The Kier molecular flexibility index (Phi) is 8.64. The molecule has 0 amide bonds. The number of hydrogen-bond acceptors (Lipinski definition) is 2. The van der Waals surface area contributed by atoms with E-state index in [0.29, 0.717) is 5.92 Å². The maximum Gasteiger partial charge on any atom is 0.0554 e. The first-order chi connectivity index (χ1) is 7.16. The van der Waals surface area contributed by atoms with E-state index in [2.05, 4.69) is 42.9 Å². The smallest absolute Gasteiger partial charge is 0.0554 e. The second kappa shape index (κ2) is 9.38. The zero-order valence-corrected chi connectivity index (χ0v) is 10.3. The van der Waals surface area contributed by atoms with Crippen molar-refractivity contribution in [1.29, 1.82) is 0 Å². The summed E-state index contributed by atoms with van der Waals surface area (Å²) in [7, 11) is 0. The Bertz CT molecular complexity index is 258. The molecule has 0 saturated carbocycles. The Balaban J connectivity index is 3.95. The van der Waals surface area contributed by atoms with Crippen molar-refractivity contribution in [3.63, 3.8) is 0 Å². The fraction of sp³-hybridized carbons (Fsp3) is 0.538. The first-order valence-corrected chi connectivity index (χ1v) is 5.56. The van der Waals surface area contributed by atoms with Crippen LogP contribution in [0.15, 0.2) is 34.5 Å². The molecule has 84 valence electrons. The predicted octanol–water partition coefficient (Wildman–Crippen LogP) is 4.00. The van der Waals surface area contributed by atoms with Crippen LogP contribution < -0.4 is 0 Å². The van der Waals surface area contributed by atoms with Crippen LogP contribution in [0.25, 0.3) is 0 Å². The van der Waals surface area contributed by atoms with E-state index in [1.165, 1.54) is 0 Å². The molecule has 0 heterocycles. The molecule has 0 aliphatic rings. The molecular formula is C13H22N2. The molecule has 0 aromatic heterocycles. The first-order valence-electron chi connectivity index (χ1n) is 5.56. The number of allylic oxidation sites excluding steroid dienone is 2. The molecule has 0 radical (unpaired) electrons. The monoisotopic (exact) mass is 206 g/mol. The highest BCUT2D eigenvalue weighted by Crippen LogP contribution is 1.93. The molecule has 0 spiro atoms. The summed E-state index contributed by atoms with van der Waals surface area (Å²) in [6, 6.07) is 0. The van der Waals surface area contributed by atoms with E-state index in [9.17, 15) is 0 Å². The van der Waals surface area contributed by atoms with Crippen molar-refractivity contribution in [2.24, 2.45) is 15.9 Å². The minimum Gasteiger partial charge on any atom is -0.263 e. The van der Waals surface area contributed by atoms with E-state index in [0.717, 1.165) is 18.6 Å². The van der Waals surface area contributed by atoms with Crippen molar-refractivity contribution < 1.29 is 0 Å². The van der Waals surface area contributed by atoms with Crippen molar-refractivity contribution in [2.75, 3.05) is 0 Å². The summed E-state index contributed by atoms with van der Waals surface area (Å²) in [5, 5.41) is 0. The van der Waals surface area contributed by atoms with Gasteiger partial charge in [-0.25, -0.2) is 0 Å². The topological polar surface area (TPSA) is 24.7 Å².